The standard InChI is InChI=1S/C23H21ClF2N2O2S/c24-19-8-6-18(7-9-19)23(17-4-2-1-3-5-17)27-10-12-28(13-11-27)31(29,30)22-15-20(25)14-21(26)16-22/h1-9,14-16,23H,10-13H2. The van der Waals surface area contributed by atoms with Gasteiger partial charge in [0.25, 0.3) is 0 Å². The van der Waals surface area contributed by atoms with E-state index < -0.39 is 21.7 Å². The summed E-state index contributed by atoms with van der Waals surface area (Å²) in [5.41, 5.74) is 2.15. The molecule has 3 aromatic rings. The molecule has 0 radical (unpaired) electrons. The fourth-order valence-corrected chi connectivity index (χ4v) is 5.51. The van der Waals surface area contributed by atoms with Crippen molar-refractivity contribution in [3.8, 4) is 0 Å². The van der Waals surface area contributed by atoms with Gasteiger partial charge in [0.1, 0.15) is 11.6 Å². The maximum atomic E-state index is 13.6. The summed E-state index contributed by atoms with van der Waals surface area (Å²) in [6.07, 6.45) is 0. The number of rotatable bonds is 5. The van der Waals surface area contributed by atoms with Crippen LogP contribution in [0.3, 0.4) is 0 Å². The summed E-state index contributed by atoms with van der Waals surface area (Å²) >= 11 is 6.06. The Balaban J connectivity index is 1.57. The molecule has 4 nitrogen and oxygen atoms in total. The van der Waals surface area contributed by atoms with Crippen LogP contribution >= 0.6 is 11.6 Å². The molecule has 4 rings (SSSR count). The average Bonchev–Trinajstić information content (AvgIpc) is 2.76. The van der Waals surface area contributed by atoms with E-state index in [0.29, 0.717) is 24.2 Å². The molecule has 0 saturated carbocycles. The van der Waals surface area contributed by atoms with E-state index in [9.17, 15) is 17.2 Å². The second kappa shape index (κ2) is 9.04. The molecule has 1 atom stereocenters. The van der Waals surface area contributed by atoms with Gasteiger partial charge in [0.15, 0.2) is 0 Å². The maximum absolute atomic E-state index is 13.6. The lowest BCUT2D eigenvalue weighted by Crippen LogP contribution is -2.49. The first-order chi connectivity index (χ1) is 14.8. The van der Waals surface area contributed by atoms with Crippen molar-refractivity contribution in [3.05, 3.63) is 101 Å². The van der Waals surface area contributed by atoms with Crippen molar-refractivity contribution in [2.45, 2.75) is 10.9 Å². The average molecular weight is 463 g/mol. The molecule has 1 unspecified atom stereocenters. The largest absolute Gasteiger partial charge is 0.290 e. The van der Waals surface area contributed by atoms with Crippen molar-refractivity contribution in [1.29, 1.82) is 0 Å². The summed E-state index contributed by atoms with van der Waals surface area (Å²) in [7, 11) is -3.98. The molecule has 0 N–H and O–H groups in total. The first-order valence-electron chi connectivity index (χ1n) is 9.85. The lowest BCUT2D eigenvalue weighted by atomic mass is 9.96. The number of piperazine rings is 1. The predicted molar refractivity (Wildman–Crippen MR) is 116 cm³/mol. The van der Waals surface area contributed by atoms with Crippen molar-refractivity contribution in [1.82, 2.24) is 9.21 Å². The molecular weight excluding hydrogens is 442 g/mol. The third-order valence-corrected chi connectivity index (χ3v) is 7.54. The molecule has 1 aliphatic heterocycles. The SMILES string of the molecule is O=S(=O)(c1cc(F)cc(F)c1)N1CCN(C(c2ccccc2)c2ccc(Cl)cc2)CC1. The van der Waals surface area contributed by atoms with Crippen LogP contribution in [0.15, 0.2) is 77.7 Å². The van der Waals surface area contributed by atoms with Crippen LogP contribution < -0.4 is 0 Å². The molecule has 1 aliphatic rings. The van der Waals surface area contributed by atoms with Gasteiger partial charge in [-0.2, -0.15) is 4.31 Å². The molecule has 0 aliphatic carbocycles. The van der Waals surface area contributed by atoms with Gasteiger partial charge in [-0.3, -0.25) is 4.90 Å². The van der Waals surface area contributed by atoms with Crippen LogP contribution in [0.25, 0.3) is 0 Å². The van der Waals surface area contributed by atoms with Crippen molar-refractivity contribution >= 4 is 21.6 Å². The highest BCUT2D eigenvalue weighted by Gasteiger charge is 2.32. The quantitative estimate of drug-likeness (QED) is 0.551. The van der Waals surface area contributed by atoms with E-state index in [1.165, 1.54) is 4.31 Å². The Morgan fingerprint density at radius 1 is 0.774 bits per heavy atom. The van der Waals surface area contributed by atoms with E-state index in [2.05, 4.69) is 4.90 Å². The zero-order valence-corrected chi connectivity index (χ0v) is 18.2. The van der Waals surface area contributed by atoms with Gasteiger partial charge in [-0.25, -0.2) is 17.2 Å². The topological polar surface area (TPSA) is 40.6 Å². The number of nitrogens with zero attached hydrogens (tertiary/aromatic N) is 2. The number of benzene rings is 3. The minimum absolute atomic E-state index is 0.0602. The van der Waals surface area contributed by atoms with E-state index in [1.54, 1.807) is 0 Å². The Hall–Kier alpha value is -2.32. The molecule has 3 aromatic carbocycles. The first-order valence-corrected chi connectivity index (χ1v) is 11.7. The van der Waals surface area contributed by atoms with Gasteiger partial charge in [-0.15, -0.1) is 0 Å². The van der Waals surface area contributed by atoms with Crippen LogP contribution in [0, 0.1) is 11.6 Å². The molecule has 0 bridgehead atoms. The summed E-state index contributed by atoms with van der Waals surface area (Å²) in [5, 5.41) is 0.647. The summed E-state index contributed by atoms with van der Waals surface area (Å²) in [5.74, 6) is -1.83. The van der Waals surface area contributed by atoms with Gasteiger partial charge in [-0.1, -0.05) is 54.1 Å². The lowest BCUT2D eigenvalue weighted by Gasteiger charge is -2.39. The van der Waals surface area contributed by atoms with Gasteiger partial charge in [-0.05, 0) is 35.4 Å². The highest BCUT2D eigenvalue weighted by molar-refractivity contribution is 7.89. The minimum atomic E-state index is -3.98. The van der Waals surface area contributed by atoms with Crippen molar-refractivity contribution in [2.24, 2.45) is 0 Å². The van der Waals surface area contributed by atoms with E-state index in [1.807, 2.05) is 54.6 Å². The fourth-order valence-electron chi connectivity index (χ4n) is 3.92. The minimum Gasteiger partial charge on any atom is -0.290 e. The summed E-state index contributed by atoms with van der Waals surface area (Å²) in [4.78, 5) is 1.84. The van der Waals surface area contributed by atoms with Crippen LogP contribution in [0.5, 0.6) is 0 Å². The molecule has 0 spiro atoms. The highest BCUT2D eigenvalue weighted by atomic mass is 35.5. The second-order valence-electron chi connectivity index (χ2n) is 7.41. The van der Waals surface area contributed by atoms with Crippen molar-refractivity contribution in [2.75, 3.05) is 26.2 Å². The number of hydrogen-bond donors (Lipinski definition) is 0. The molecule has 31 heavy (non-hydrogen) atoms. The first kappa shape index (κ1) is 21.9. The fraction of sp³-hybridized carbons (Fsp3) is 0.217. The Morgan fingerprint density at radius 3 is 1.90 bits per heavy atom. The van der Waals surface area contributed by atoms with Crippen LogP contribution in [-0.2, 0) is 10.0 Å². The van der Waals surface area contributed by atoms with Gasteiger partial charge in [0.05, 0.1) is 10.9 Å². The molecule has 162 valence electrons. The molecule has 1 saturated heterocycles. The Kier molecular flexibility index (Phi) is 6.39. The molecule has 8 heteroatoms. The van der Waals surface area contributed by atoms with Crippen molar-refractivity contribution < 1.29 is 17.2 Å². The lowest BCUT2D eigenvalue weighted by molar-refractivity contribution is 0.156. The maximum Gasteiger partial charge on any atom is 0.243 e. The Morgan fingerprint density at radius 2 is 1.32 bits per heavy atom. The van der Waals surface area contributed by atoms with E-state index in [0.717, 1.165) is 23.3 Å². The number of halogens is 3. The summed E-state index contributed by atoms with van der Waals surface area (Å²) in [6, 6.07) is 19.9. The van der Waals surface area contributed by atoms with E-state index in [4.69, 9.17) is 11.6 Å². The van der Waals surface area contributed by atoms with E-state index >= 15 is 0 Å². The normalized spacial score (nSPS) is 16.9. The van der Waals surface area contributed by atoms with Gasteiger partial charge >= 0.3 is 0 Å². The van der Waals surface area contributed by atoms with Gasteiger partial charge in [0, 0.05) is 37.3 Å². The van der Waals surface area contributed by atoms with Crippen LogP contribution in [0.1, 0.15) is 17.2 Å². The third-order valence-electron chi connectivity index (χ3n) is 5.41. The number of sulfonamides is 1. The predicted octanol–water partition coefficient (Wildman–Crippen LogP) is 4.71. The third kappa shape index (κ3) is 4.80. The second-order valence-corrected chi connectivity index (χ2v) is 9.78. The van der Waals surface area contributed by atoms with E-state index in [-0.39, 0.29) is 24.0 Å². The van der Waals surface area contributed by atoms with Crippen LogP contribution in [0.2, 0.25) is 5.02 Å². The summed E-state index contributed by atoms with van der Waals surface area (Å²) in [6.45, 7) is 1.38. The molecule has 1 fully saturated rings. The van der Waals surface area contributed by atoms with Crippen LogP contribution in [0.4, 0.5) is 8.78 Å². The number of hydrogen-bond acceptors (Lipinski definition) is 3. The zero-order valence-electron chi connectivity index (χ0n) is 16.6. The monoisotopic (exact) mass is 462 g/mol. The molecule has 0 aromatic heterocycles. The zero-order chi connectivity index (χ0) is 22.0. The summed E-state index contributed by atoms with van der Waals surface area (Å²) < 4.78 is 54.2. The molecule has 0 amide bonds. The molecular formula is C23H21ClF2N2O2S. The van der Waals surface area contributed by atoms with Crippen LogP contribution in [-0.4, -0.2) is 43.8 Å². The smallest absolute Gasteiger partial charge is 0.243 e. The van der Waals surface area contributed by atoms with Gasteiger partial charge < -0.3 is 0 Å². The Bertz CT molecular complexity index is 1130. The highest BCUT2D eigenvalue weighted by Crippen LogP contribution is 2.31. The Labute approximate surface area is 185 Å². The van der Waals surface area contributed by atoms with Gasteiger partial charge in [0.2, 0.25) is 10.0 Å². The van der Waals surface area contributed by atoms with Crippen molar-refractivity contribution in [3.63, 3.8) is 0 Å². The molecule has 1 heterocycles.